The van der Waals surface area contributed by atoms with Gasteiger partial charge in [-0.3, -0.25) is 0 Å². The molecule has 0 bridgehead atoms. The minimum Gasteiger partial charge on any atom is -0.207 e. The summed E-state index contributed by atoms with van der Waals surface area (Å²) in [6.07, 6.45) is 0. The number of hydrogen-bond acceptors (Lipinski definition) is 3. The number of hydrogen-bond donors (Lipinski definition) is 0. The van der Waals surface area contributed by atoms with Crippen LogP contribution in [0, 0.1) is 13.8 Å². The molecule has 0 unspecified atom stereocenters. The Hall–Kier alpha value is -1.30. The molecule has 116 valence electrons. The number of rotatable bonds is 3. The molecule has 0 radical (unpaired) electrons. The van der Waals surface area contributed by atoms with Gasteiger partial charge in [-0.1, -0.05) is 42.0 Å². The first kappa shape index (κ1) is 15.6. The fourth-order valence-corrected chi connectivity index (χ4v) is 5.95. The van der Waals surface area contributed by atoms with E-state index in [-0.39, 0.29) is 5.37 Å². The lowest BCUT2D eigenvalue weighted by atomic mass is 10.1. The van der Waals surface area contributed by atoms with E-state index in [9.17, 15) is 8.42 Å². The standard InChI is InChI=1S/C17H19NO2S2/c1-13-6-8-15(9-7-13)17-18(10-11-21-17)22(19,20)16-5-3-4-14(2)12-16/h3-9,12,17H,10-11H2,1-2H3/t17-/m0/s1. The van der Waals surface area contributed by atoms with Gasteiger partial charge < -0.3 is 0 Å². The quantitative estimate of drug-likeness (QED) is 0.859. The second-order valence-electron chi connectivity index (χ2n) is 5.57. The number of aryl methyl sites for hydroxylation is 2. The Balaban J connectivity index is 1.97. The molecule has 5 heteroatoms. The van der Waals surface area contributed by atoms with Gasteiger partial charge in [-0.25, -0.2) is 8.42 Å². The number of thioether (sulfide) groups is 1. The van der Waals surface area contributed by atoms with Gasteiger partial charge in [0.2, 0.25) is 10.0 Å². The van der Waals surface area contributed by atoms with E-state index in [1.54, 1.807) is 34.3 Å². The van der Waals surface area contributed by atoms with Gasteiger partial charge in [-0.2, -0.15) is 4.31 Å². The zero-order valence-corrected chi connectivity index (χ0v) is 14.3. The van der Waals surface area contributed by atoms with Crippen LogP contribution in [0.15, 0.2) is 53.4 Å². The molecule has 2 aromatic rings. The van der Waals surface area contributed by atoms with Gasteiger partial charge in [0, 0.05) is 12.3 Å². The summed E-state index contributed by atoms with van der Waals surface area (Å²) in [7, 11) is -3.46. The lowest BCUT2D eigenvalue weighted by Crippen LogP contribution is -2.30. The zero-order chi connectivity index (χ0) is 15.7. The second kappa shape index (κ2) is 6.07. The van der Waals surface area contributed by atoms with Crippen LogP contribution in [-0.2, 0) is 10.0 Å². The lowest BCUT2D eigenvalue weighted by molar-refractivity contribution is 0.434. The van der Waals surface area contributed by atoms with E-state index in [0.717, 1.165) is 16.9 Å². The first-order chi connectivity index (χ1) is 10.5. The van der Waals surface area contributed by atoms with Crippen LogP contribution < -0.4 is 0 Å². The molecule has 22 heavy (non-hydrogen) atoms. The maximum atomic E-state index is 12.9. The van der Waals surface area contributed by atoms with Crippen molar-refractivity contribution in [1.82, 2.24) is 4.31 Å². The average molecular weight is 333 g/mol. The Bertz CT molecular complexity index is 770. The summed E-state index contributed by atoms with van der Waals surface area (Å²) in [6.45, 7) is 4.50. The SMILES string of the molecule is Cc1ccc([C@@H]2SCCN2S(=O)(=O)c2cccc(C)c2)cc1. The van der Waals surface area contributed by atoms with E-state index in [2.05, 4.69) is 0 Å². The maximum Gasteiger partial charge on any atom is 0.244 e. The Morgan fingerprint density at radius 2 is 1.77 bits per heavy atom. The number of benzene rings is 2. The summed E-state index contributed by atoms with van der Waals surface area (Å²) in [5.74, 6) is 0.823. The molecular formula is C17H19NO2S2. The van der Waals surface area contributed by atoms with Crippen LogP contribution in [-0.4, -0.2) is 25.0 Å². The fourth-order valence-electron chi connectivity index (χ4n) is 2.61. The monoisotopic (exact) mass is 333 g/mol. The van der Waals surface area contributed by atoms with Gasteiger partial charge in [0.25, 0.3) is 0 Å². The summed E-state index contributed by atoms with van der Waals surface area (Å²) in [4.78, 5) is 0.382. The van der Waals surface area contributed by atoms with Crippen molar-refractivity contribution in [1.29, 1.82) is 0 Å². The van der Waals surface area contributed by atoms with E-state index >= 15 is 0 Å². The van der Waals surface area contributed by atoms with Crippen molar-refractivity contribution in [3.8, 4) is 0 Å². The van der Waals surface area contributed by atoms with Crippen molar-refractivity contribution in [3.05, 3.63) is 65.2 Å². The minimum atomic E-state index is -3.46. The highest BCUT2D eigenvalue weighted by Crippen LogP contribution is 2.41. The van der Waals surface area contributed by atoms with Crippen molar-refractivity contribution in [2.75, 3.05) is 12.3 Å². The predicted octanol–water partition coefficient (Wildman–Crippen LogP) is 3.74. The van der Waals surface area contributed by atoms with Gasteiger partial charge in [0.1, 0.15) is 0 Å². The highest BCUT2D eigenvalue weighted by molar-refractivity contribution is 8.01. The smallest absolute Gasteiger partial charge is 0.207 e. The van der Waals surface area contributed by atoms with E-state index in [4.69, 9.17) is 0 Å². The Morgan fingerprint density at radius 1 is 1.05 bits per heavy atom. The van der Waals surface area contributed by atoms with Gasteiger partial charge >= 0.3 is 0 Å². The molecule has 1 aliphatic rings. The predicted molar refractivity (Wildman–Crippen MR) is 91.4 cm³/mol. The molecule has 1 saturated heterocycles. The molecule has 3 rings (SSSR count). The first-order valence-corrected chi connectivity index (χ1v) is 9.74. The van der Waals surface area contributed by atoms with E-state index in [1.807, 2.05) is 44.2 Å². The largest absolute Gasteiger partial charge is 0.244 e. The average Bonchev–Trinajstić information content (AvgIpc) is 2.98. The van der Waals surface area contributed by atoms with Crippen LogP contribution in [0.4, 0.5) is 0 Å². The van der Waals surface area contributed by atoms with Crippen LogP contribution >= 0.6 is 11.8 Å². The summed E-state index contributed by atoms with van der Waals surface area (Å²) in [5.41, 5.74) is 3.18. The topological polar surface area (TPSA) is 37.4 Å². The van der Waals surface area contributed by atoms with E-state index in [1.165, 1.54) is 5.56 Å². The normalized spacial score (nSPS) is 19.5. The van der Waals surface area contributed by atoms with Gasteiger partial charge in [0.05, 0.1) is 10.3 Å². The van der Waals surface area contributed by atoms with Crippen LogP contribution in [0.25, 0.3) is 0 Å². The maximum absolute atomic E-state index is 12.9. The van der Waals surface area contributed by atoms with Crippen molar-refractivity contribution >= 4 is 21.8 Å². The fraction of sp³-hybridized carbons (Fsp3) is 0.294. The molecule has 0 spiro atoms. The Kier molecular flexibility index (Phi) is 4.30. The van der Waals surface area contributed by atoms with Crippen LogP contribution in [0.3, 0.4) is 0 Å². The molecule has 0 aliphatic carbocycles. The van der Waals surface area contributed by atoms with Crippen molar-refractivity contribution in [3.63, 3.8) is 0 Å². The summed E-state index contributed by atoms with van der Waals surface area (Å²) >= 11 is 1.68. The third kappa shape index (κ3) is 2.93. The highest BCUT2D eigenvalue weighted by Gasteiger charge is 2.36. The molecule has 2 aromatic carbocycles. The molecule has 1 aliphatic heterocycles. The molecule has 3 nitrogen and oxygen atoms in total. The van der Waals surface area contributed by atoms with Crippen molar-refractivity contribution in [2.24, 2.45) is 0 Å². The summed E-state index contributed by atoms with van der Waals surface area (Å²) < 4.78 is 27.5. The number of nitrogens with zero attached hydrogens (tertiary/aromatic N) is 1. The zero-order valence-electron chi connectivity index (χ0n) is 12.7. The highest BCUT2D eigenvalue weighted by atomic mass is 32.2. The Morgan fingerprint density at radius 3 is 2.45 bits per heavy atom. The molecule has 0 amide bonds. The van der Waals surface area contributed by atoms with Crippen LogP contribution in [0.5, 0.6) is 0 Å². The molecular weight excluding hydrogens is 314 g/mol. The summed E-state index contributed by atoms with van der Waals surface area (Å²) in [6, 6.07) is 15.2. The number of sulfonamides is 1. The van der Waals surface area contributed by atoms with Gasteiger partial charge in [-0.15, -0.1) is 11.8 Å². The van der Waals surface area contributed by atoms with E-state index < -0.39 is 10.0 Å². The van der Waals surface area contributed by atoms with Crippen molar-refractivity contribution < 1.29 is 8.42 Å². The van der Waals surface area contributed by atoms with Crippen LogP contribution in [0.1, 0.15) is 22.1 Å². The van der Waals surface area contributed by atoms with Crippen LogP contribution in [0.2, 0.25) is 0 Å². The minimum absolute atomic E-state index is 0.133. The molecule has 1 atom stereocenters. The summed E-state index contributed by atoms with van der Waals surface area (Å²) in [5, 5.41) is -0.133. The molecule has 0 aromatic heterocycles. The van der Waals surface area contributed by atoms with Gasteiger partial charge in [0.15, 0.2) is 0 Å². The first-order valence-electron chi connectivity index (χ1n) is 7.25. The van der Waals surface area contributed by atoms with Crippen molar-refractivity contribution in [2.45, 2.75) is 24.1 Å². The van der Waals surface area contributed by atoms with E-state index in [0.29, 0.717) is 11.4 Å². The third-order valence-corrected chi connectivity index (χ3v) is 7.06. The molecule has 1 fully saturated rings. The third-order valence-electron chi connectivity index (χ3n) is 3.81. The molecule has 1 heterocycles. The Labute approximate surface area is 136 Å². The lowest BCUT2D eigenvalue weighted by Gasteiger charge is -2.23. The van der Waals surface area contributed by atoms with Gasteiger partial charge in [-0.05, 0) is 37.1 Å². The molecule has 0 saturated carbocycles. The second-order valence-corrected chi connectivity index (χ2v) is 8.64. The molecule has 0 N–H and O–H groups in total.